The van der Waals surface area contributed by atoms with Crippen LogP contribution in [0.25, 0.3) is 90.1 Å². The zero-order chi connectivity index (χ0) is 31.1. The van der Waals surface area contributed by atoms with Crippen molar-refractivity contribution in [2.24, 2.45) is 0 Å². The maximum atomic E-state index is 10.3. The van der Waals surface area contributed by atoms with E-state index in [1.165, 1.54) is 74.3 Å². The third kappa shape index (κ3) is 3.82. The van der Waals surface area contributed by atoms with Gasteiger partial charge < -0.3 is 4.57 Å². The summed E-state index contributed by atoms with van der Waals surface area (Å²) in [5.74, 6) is 0. The molecule has 0 amide bonds. The Morgan fingerprint density at radius 1 is 0.468 bits per heavy atom. The van der Waals surface area contributed by atoms with E-state index in [1.54, 1.807) is 11.3 Å². The first kappa shape index (κ1) is 26.5. The molecule has 218 valence electrons. The fourth-order valence-corrected chi connectivity index (χ4v) is 9.90. The maximum Gasteiger partial charge on any atom is 0.101 e. The minimum absolute atomic E-state index is 0.716. The van der Waals surface area contributed by atoms with E-state index in [9.17, 15) is 5.26 Å². The Labute approximate surface area is 278 Å². The molecular formula is C43H24N2S2. The fraction of sp³-hybridized carbons (Fsp3) is 0. The zero-order valence-electron chi connectivity index (χ0n) is 25.1. The van der Waals surface area contributed by atoms with Crippen LogP contribution in [-0.2, 0) is 0 Å². The van der Waals surface area contributed by atoms with E-state index < -0.39 is 0 Å². The predicted molar refractivity (Wildman–Crippen MR) is 202 cm³/mol. The molecule has 0 aliphatic rings. The summed E-state index contributed by atoms with van der Waals surface area (Å²) in [5.41, 5.74) is 8.98. The number of rotatable bonds is 3. The van der Waals surface area contributed by atoms with Gasteiger partial charge in [0.2, 0.25) is 0 Å². The summed E-state index contributed by atoms with van der Waals surface area (Å²) < 4.78 is 7.22. The minimum atomic E-state index is 0.716. The van der Waals surface area contributed by atoms with Gasteiger partial charge in [-0.3, -0.25) is 0 Å². The molecule has 0 N–H and O–H groups in total. The van der Waals surface area contributed by atoms with Gasteiger partial charge in [-0.05, 0) is 47.0 Å². The second kappa shape index (κ2) is 10.1. The fourth-order valence-electron chi connectivity index (χ4n) is 7.38. The molecule has 0 atom stereocenters. The second-order valence-corrected chi connectivity index (χ2v) is 14.0. The highest BCUT2D eigenvalue weighted by Gasteiger charge is 2.21. The topological polar surface area (TPSA) is 28.7 Å². The molecule has 7 aromatic carbocycles. The van der Waals surface area contributed by atoms with Crippen molar-refractivity contribution in [2.75, 3.05) is 0 Å². The number of thiophene rings is 2. The third-order valence-corrected chi connectivity index (χ3v) is 11.9. The summed E-state index contributed by atoms with van der Waals surface area (Å²) in [6.45, 7) is 0. The minimum Gasteiger partial charge on any atom is -0.308 e. The molecular weight excluding hydrogens is 609 g/mol. The number of benzene rings is 7. The number of nitrogens with zero attached hydrogens (tertiary/aromatic N) is 2. The van der Waals surface area contributed by atoms with Gasteiger partial charge in [-0.25, -0.2) is 0 Å². The van der Waals surface area contributed by atoms with Crippen molar-refractivity contribution in [2.45, 2.75) is 0 Å². The highest BCUT2D eigenvalue weighted by molar-refractivity contribution is 7.27. The third-order valence-electron chi connectivity index (χ3n) is 9.46. The molecule has 0 aliphatic heterocycles. The Morgan fingerprint density at radius 3 is 2.11 bits per heavy atom. The van der Waals surface area contributed by atoms with Gasteiger partial charge in [0.1, 0.15) is 6.07 Å². The summed E-state index contributed by atoms with van der Waals surface area (Å²) in [4.78, 5) is 0. The van der Waals surface area contributed by atoms with Gasteiger partial charge in [-0.2, -0.15) is 5.26 Å². The van der Waals surface area contributed by atoms with E-state index in [0.29, 0.717) is 5.56 Å². The molecule has 2 nitrogen and oxygen atoms in total. The average molecular weight is 633 g/mol. The standard InChI is InChI=1S/C43H24N2S2/c44-25-28-21-23-32(34-15-8-14-33-31-13-5-7-19-39(31)46-42(33)34)40-35-16-9-18-37(43(35)47-41(28)40)45-36-17-6-4-12-29(36)30-22-20-27(24-38(30)45)26-10-2-1-3-11-26/h1-24H. The van der Waals surface area contributed by atoms with Crippen LogP contribution in [0.5, 0.6) is 0 Å². The van der Waals surface area contributed by atoms with Crippen molar-refractivity contribution >= 4 is 84.8 Å². The number of nitriles is 1. The Morgan fingerprint density at radius 2 is 1.21 bits per heavy atom. The lowest BCUT2D eigenvalue weighted by Gasteiger charge is -2.11. The van der Waals surface area contributed by atoms with E-state index in [1.807, 2.05) is 17.4 Å². The Bertz CT molecular complexity index is 2920. The van der Waals surface area contributed by atoms with E-state index >= 15 is 0 Å². The first-order valence-electron chi connectivity index (χ1n) is 15.7. The van der Waals surface area contributed by atoms with Gasteiger partial charge in [0.15, 0.2) is 0 Å². The molecule has 47 heavy (non-hydrogen) atoms. The van der Waals surface area contributed by atoms with Gasteiger partial charge in [0.05, 0.1) is 31.7 Å². The molecule has 3 aromatic heterocycles. The van der Waals surface area contributed by atoms with Gasteiger partial charge in [0.25, 0.3) is 0 Å². The highest BCUT2D eigenvalue weighted by atomic mass is 32.1. The lowest BCUT2D eigenvalue weighted by atomic mass is 9.96. The number of para-hydroxylation sites is 1. The van der Waals surface area contributed by atoms with Crippen LogP contribution in [-0.4, -0.2) is 4.57 Å². The first-order chi connectivity index (χ1) is 23.3. The predicted octanol–water partition coefficient (Wildman–Crippen LogP) is 12.7. The SMILES string of the molecule is N#Cc1ccc(-c2cccc3c2sc2ccccc23)c2c1sc1c(-n3c4ccccc4c4ccc(-c5ccccc5)cc43)cccc12. The molecule has 0 radical (unpaired) electrons. The molecule has 0 unspecified atom stereocenters. The smallest absolute Gasteiger partial charge is 0.101 e. The van der Waals surface area contributed by atoms with Crippen LogP contribution in [0.4, 0.5) is 0 Å². The van der Waals surface area contributed by atoms with Gasteiger partial charge >= 0.3 is 0 Å². The van der Waals surface area contributed by atoms with Crippen molar-refractivity contribution in [3.8, 4) is 34.0 Å². The van der Waals surface area contributed by atoms with Crippen molar-refractivity contribution in [3.05, 3.63) is 151 Å². The molecule has 10 rings (SSSR count). The quantitative estimate of drug-likeness (QED) is 0.190. The number of fused-ring (bicyclic) bond motifs is 9. The summed E-state index contributed by atoms with van der Waals surface area (Å²) in [6, 6.07) is 54.7. The first-order valence-corrected chi connectivity index (χ1v) is 17.3. The van der Waals surface area contributed by atoms with Crippen LogP contribution in [0.3, 0.4) is 0 Å². The van der Waals surface area contributed by atoms with Crippen LogP contribution >= 0.6 is 22.7 Å². The Balaban J connectivity index is 1.30. The zero-order valence-corrected chi connectivity index (χ0v) is 26.7. The number of hydrogen-bond acceptors (Lipinski definition) is 3. The van der Waals surface area contributed by atoms with E-state index in [2.05, 4.69) is 150 Å². The van der Waals surface area contributed by atoms with Crippen LogP contribution in [0.1, 0.15) is 5.56 Å². The van der Waals surface area contributed by atoms with Gasteiger partial charge in [0, 0.05) is 47.3 Å². The summed E-state index contributed by atoms with van der Waals surface area (Å²) in [7, 11) is 0. The van der Waals surface area contributed by atoms with Crippen LogP contribution < -0.4 is 0 Å². The molecule has 10 aromatic rings. The molecule has 3 heterocycles. The molecule has 0 saturated carbocycles. The Kier molecular flexibility index (Phi) is 5.71. The van der Waals surface area contributed by atoms with E-state index in [-0.39, 0.29) is 0 Å². The van der Waals surface area contributed by atoms with Gasteiger partial charge in [-0.1, -0.05) is 115 Å². The highest BCUT2D eigenvalue weighted by Crippen LogP contribution is 2.48. The number of aromatic nitrogens is 1. The summed E-state index contributed by atoms with van der Waals surface area (Å²) in [6.07, 6.45) is 0. The van der Waals surface area contributed by atoms with E-state index in [4.69, 9.17) is 0 Å². The lowest BCUT2D eigenvalue weighted by molar-refractivity contribution is 1.20. The molecule has 0 bridgehead atoms. The van der Waals surface area contributed by atoms with Crippen LogP contribution in [0.2, 0.25) is 0 Å². The van der Waals surface area contributed by atoms with Crippen molar-refractivity contribution in [3.63, 3.8) is 0 Å². The monoisotopic (exact) mass is 632 g/mol. The van der Waals surface area contributed by atoms with Crippen LogP contribution in [0.15, 0.2) is 146 Å². The lowest BCUT2D eigenvalue weighted by Crippen LogP contribution is -1.94. The molecule has 0 saturated heterocycles. The second-order valence-electron chi connectivity index (χ2n) is 12.0. The van der Waals surface area contributed by atoms with Crippen LogP contribution in [0, 0.1) is 11.3 Å². The molecule has 0 fully saturated rings. The Hall–Kier alpha value is -5.73. The summed E-state index contributed by atoms with van der Waals surface area (Å²) in [5, 5.41) is 17.7. The molecule has 0 spiro atoms. The summed E-state index contributed by atoms with van der Waals surface area (Å²) >= 11 is 3.58. The van der Waals surface area contributed by atoms with Crippen molar-refractivity contribution < 1.29 is 0 Å². The normalized spacial score (nSPS) is 11.8. The van der Waals surface area contributed by atoms with Crippen molar-refractivity contribution in [1.29, 1.82) is 5.26 Å². The van der Waals surface area contributed by atoms with Gasteiger partial charge in [-0.15, -0.1) is 22.7 Å². The number of hydrogen-bond donors (Lipinski definition) is 0. The largest absolute Gasteiger partial charge is 0.308 e. The average Bonchev–Trinajstić information content (AvgIpc) is 3.81. The maximum absolute atomic E-state index is 10.3. The van der Waals surface area contributed by atoms with Crippen molar-refractivity contribution in [1.82, 2.24) is 4.57 Å². The molecule has 0 aliphatic carbocycles. The van der Waals surface area contributed by atoms with E-state index in [0.717, 1.165) is 15.8 Å². The molecule has 4 heteroatoms.